The number of carbonyl (C=O) groups is 2. The number of hydrogen-bond donors (Lipinski definition) is 2. The lowest BCUT2D eigenvalue weighted by Gasteiger charge is -2.13. The van der Waals surface area contributed by atoms with Crippen molar-refractivity contribution < 1.29 is 23.5 Å². The first-order valence-corrected chi connectivity index (χ1v) is 7.66. The van der Waals surface area contributed by atoms with E-state index >= 15 is 0 Å². The van der Waals surface area contributed by atoms with E-state index in [0.29, 0.717) is 22.6 Å². The second-order valence-electron chi connectivity index (χ2n) is 5.93. The fourth-order valence-corrected chi connectivity index (χ4v) is 2.35. The van der Waals surface area contributed by atoms with Crippen molar-refractivity contribution in [2.45, 2.75) is 32.6 Å². The molecule has 2 aromatic rings. The van der Waals surface area contributed by atoms with Gasteiger partial charge in [-0.1, -0.05) is 26.0 Å². The second kappa shape index (κ2) is 7.29. The van der Waals surface area contributed by atoms with Crippen LogP contribution in [0.1, 0.15) is 53.1 Å². The van der Waals surface area contributed by atoms with Crippen LogP contribution in [0.25, 0.3) is 0 Å². The predicted molar refractivity (Wildman–Crippen MR) is 86.6 cm³/mol. The van der Waals surface area contributed by atoms with E-state index in [0.717, 1.165) is 0 Å². The lowest BCUT2D eigenvalue weighted by molar-refractivity contribution is -0.138. The lowest BCUT2D eigenvalue weighted by Crippen LogP contribution is -2.31. The molecule has 0 spiro atoms. The third kappa shape index (κ3) is 4.01. The van der Waals surface area contributed by atoms with Crippen LogP contribution in [0.2, 0.25) is 0 Å². The van der Waals surface area contributed by atoms with Gasteiger partial charge in [-0.3, -0.25) is 9.59 Å². The predicted octanol–water partition coefficient (Wildman–Crippen LogP) is 3.45. The van der Waals surface area contributed by atoms with Crippen LogP contribution < -0.4 is 5.32 Å². The Kier molecular flexibility index (Phi) is 5.39. The van der Waals surface area contributed by atoms with Crippen molar-refractivity contribution in [1.29, 1.82) is 0 Å². The molecule has 1 atom stereocenters. The summed E-state index contributed by atoms with van der Waals surface area (Å²) in [5, 5.41) is 12.0. The highest BCUT2D eigenvalue weighted by Crippen LogP contribution is 2.22. The molecule has 2 rings (SSSR count). The van der Waals surface area contributed by atoms with Crippen LogP contribution >= 0.6 is 0 Å². The summed E-state index contributed by atoms with van der Waals surface area (Å²) in [6, 6.07) is 6.87. The average molecular weight is 333 g/mol. The smallest absolute Gasteiger partial charge is 0.312 e. The first kappa shape index (κ1) is 17.7. The van der Waals surface area contributed by atoms with Gasteiger partial charge in [0.1, 0.15) is 17.3 Å². The minimum absolute atomic E-state index is 0.0958. The van der Waals surface area contributed by atoms with E-state index in [1.807, 2.05) is 13.8 Å². The number of benzene rings is 1. The standard InChI is InChI=1S/C18H20FNO4/c1-10(2)16-8-14(11(3)24-16)17(21)20-9-15(18(22)23)12-4-6-13(19)7-5-12/h4-8,10,15H,9H2,1-3H3,(H,20,21)(H,22,23). The van der Waals surface area contributed by atoms with Crippen LogP contribution in [0.4, 0.5) is 4.39 Å². The summed E-state index contributed by atoms with van der Waals surface area (Å²) >= 11 is 0. The molecule has 0 bridgehead atoms. The molecule has 5 nitrogen and oxygen atoms in total. The van der Waals surface area contributed by atoms with E-state index < -0.39 is 23.6 Å². The summed E-state index contributed by atoms with van der Waals surface area (Å²) in [4.78, 5) is 23.7. The molecule has 0 saturated heterocycles. The minimum Gasteiger partial charge on any atom is -0.481 e. The SMILES string of the molecule is Cc1oc(C(C)C)cc1C(=O)NCC(C(=O)O)c1ccc(F)cc1. The Labute approximate surface area is 139 Å². The maximum atomic E-state index is 13.0. The van der Waals surface area contributed by atoms with Crippen LogP contribution in [0, 0.1) is 12.7 Å². The van der Waals surface area contributed by atoms with Crippen LogP contribution in [0.3, 0.4) is 0 Å². The van der Waals surface area contributed by atoms with Gasteiger partial charge in [0.2, 0.25) is 0 Å². The number of carbonyl (C=O) groups excluding carboxylic acids is 1. The molecule has 1 heterocycles. The monoisotopic (exact) mass is 333 g/mol. The Balaban J connectivity index is 2.10. The molecule has 1 aromatic heterocycles. The Morgan fingerprint density at radius 3 is 2.38 bits per heavy atom. The Morgan fingerprint density at radius 2 is 1.88 bits per heavy atom. The summed E-state index contributed by atoms with van der Waals surface area (Å²) in [5.41, 5.74) is 0.818. The number of amides is 1. The average Bonchev–Trinajstić information content (AvgIpc) is 2.91. The van der Waals surface area contributed by atoms with E-state index in [2.05, 4.69) is 5.32 Å². The van der Waals surface area contributed by atoms with E-state index in [4.69, 9.17) is 4.42 Å². The van der Waals surface area contributed by atoms with Crippen molar-refractivity contribution in [2.75, 3.05) is 6.54 Å². The normalized spacial score (nSPS) is 12.2. The lowest BCUT2D eigenvalue weighted by atomic mass is 9.99. The fraction of sp³-hybridized carbons (Fsp3) is 0.333. The van der Waals surface area contributed by atoms with E-state index in [9.17, 15) is 19.1 Å². The second-order valence-corrected chi connectivity index (χ2v) is 5.93. The minimum atomic E-state index is -1.09. The van der Waals surface area contributed by atoms with Crippen molar-refractivity contribution in [2.24, 2.45) is 0 Å². The van der Waals surface area contributed by atoms with Gasteiger partial charge in [-0.2, -0.15) is 0 Å². The van der Waals surface area contributed by atoms with Gasteiger partial charge in [-0.15, -0.1) is 0 Å². The molecule has 1 amide bonds. The summed E-state index contributed by atoms with van der Waals surface area (Å²) in [6.45, 7) is 5.50. The number of carboxylic acid groups (broad SMARTS) is 1. The number of aryl methyl sites for hydroxylation is 1. The van der Waals surface area contributed by atoms with Crippen LogP contribution in [0.15, 0.2) is 34.7 Å². The van der Waals surface area contributed by atoms with Gasteiger partial charge < -0.3 is 14.8 Å². The van der Waals surface area contributed by atoms with Crippen LogP contribution in [0.5, 0.6) is 0 Å². The summed E-state index contributed by atoms with van der Waals surface area (Å²) in [7, 11) is 0. The number of nitrogens with one attached hydrogen (secondary N) is 1. The van der Waals surface area contributed by atoms with Gasteiger partial charge in [0.05, 0.1) is 11.5 Å². The van der Waals surface area contributed by atoms with Gasteiger partial charge in [0.15, 0.2) is 0 Å². The summed E-state index contributed by atoms with van der Waals surface area (Å²) in [5.74, 6) is -1.54. The van der Waals surface area contributed by atoms with Gasteiger partial charge in [-0.25, -0.2) is 4.39 Å². The third-order valence-electron chi connectivity index (χ3n) is 3.79. The first-order chi connectivity index (χ1) is 11.3. The number of rotatable bonds is 6. The van der Waals surface area contributed by atoms with Crippen LogP contribution in [-0.4, -0.2) is 23.5 Å². The molecular formula is C18H20FNO4. The number of carboxylic acids is 1. The Bertz CT molecular complexity index is 734. The molecule has 0 fully saturated rings. The van der Waals surface area contributed by atoms with E-state index in [-0.39, 0.29) is 12.5 Å². The van der Waals surface area contributed by atoms with Gasteiger partial charge in [0.25, 0.3) is 5.91 Å². The fourth-order valence-electron chi connectivity index (χ4n) is 2.35. The van der Waals surface area contributed by atoms with Crippen molar-refractivity contribution in [3.63, 3.8) is 0 Å². The van der Waals surface area contributed by atoms with Crippen molar-refractivity contribution in [3.05, 3.63) is 58.8 Å². The molecule has 2 N–H and O–H groups in total. The topological polar surface area (TPSA) is 79.5 Å². The van der Waals surface area contributed by atoms with Gasteiger partial charge in [0, 0.05) is 12.5 Å². The molecule has 24 heavy (non-hydrogen) atoms. The molecule has 0 radical (unpaired) electrons. The molecule has 0 aliphatic rings. The highest BCUT2D eigenvalue weighted by atomic mass is 19.1. The Hall–Kier alpha value is -2.63. The molecule has 1 unspecified atom stereocenters. The van der Waals surface area contributed by atoms with E-state index in [1.54, 1.807) is 13.0 Å². The van der Waals surface area contributed by atoms with E-state index in [1.165, 1.54) is 24.3 Å². The molecule has 128 valence electrons. The largest absolute Gasteiger partial charge is 0.481 e. The summed E-state index contributed by atoms with van der Waals surface area (Å²) < 4.78 is 18.5. The van der Waals surface area contributed by atoms with Gasteiger partial charge >= 0.3 is 5.97 Å². The van der Waals surface area contributed by atoms with Crippen molar-refractivity contribution in [1.82, 2.24) is 5.32 Å². The molecule has 0 saturated carbocycles. The van der Waals surface area contributed by atoms with Crippen molar-refractivity contribution >= 4 is 11.9 Å². The number of furan rings is 1. The molecule has 6 heteroatoms. The molecule has 1 aromatic carbocycles. The highest BCUT2D eigenvalue weighted by molar-refractivity contribution is 5.95. The first-order valence-electron chi connectivity index (χ1n) is 7.66. The quantitative estimate of drug-likeness (QED) is 0.848. The Morgan fingerprint density at radius 1 is 1.25 bits per heavy atom. The number of aliphatic carboxylic acids is 1. The number of hydrogen-bond acceptors (Lipinski definition) is 3. The molecular weight excluding hydrogens is 313 g/mol. The zero-order valence-electron chi connectivity index (χ0n) is 13.8. The van der Waals surface area contributed by atoms with Crippen molar-refractivity contribution in [3.8, 4) is 0 Å². The maximum Gasteiger partial charge on any atom is 0.312 e. The van der Waals surface area contributed by atoms with Crippen LogP contribution in [-0.2, 0) is 4.79 Å². The maximum absolute atomic E-state index is 13.0. The number of halogens is 1. The highest BCUT2D eigenvalue weighted by Gasteiger charge is 2.22. The third-order valence-corrected chi connectivity index (χ3v) is 3.79. The van der Waals surface area contributed by atoms with Gasteiger partial charge in [-0.05, 0) is 30.7 Å². The molecule has 0 aliphatic carbocycles. The zero-order valence-corrected chi connectivity index (χ0v) is 13.8. The molecule has 0 aliphatic heterocycles. The zero-order chi connectivity index (χ0) is 17.9. The summed E-state index contributed by atoms with van der Waals surface area (Å²) in [6.07, 6.45) is 0.